The molecule has 0 saturated heterocycles. The van der Waals surface area contributed by atoms with Crippen molar-refractivity contribution < 1.29 is 52.3 Å². The molecule has 0 spiro atoms. The molecule has 0 heterocycles. The van der Waals surface area contributed by atoms with Crippen molar-refractivity contribution in [2.75, 3.05) is 47.5 Å². The van der Waals surface area contributed by atoms with Crippen LogP contribution in [-0.2, 0) is 32.7 Å². The Morgan fingerprint density at radius 3 is 1.79 bits per heavy atom. The Bertz CT molecular complexity index is 1210. The first-order valence-corrected chi connectivity index (χ1v) is 23.6. The van der Waals surface area contributed by atoms with Crippen molar-refractivity contribution in [3.8, 4) is 0 Å². The SMILES string of the molecule is CC/C=C\C/C=C\C/C=C\C/C=C\CCCCCCC(=O)O[C@H](COC(=O)CCCCCCC[C@@H](O)[C@H](O)C/C=C\CCCCC)COP(=O)([O-])OCC[N+](C)(C)C. The van der Waals surface area contributed by atoms with Crippen molar-refractivity contribution in [3.63, 3.8) is 0 Å². The van der Waals surface area contributed by atoms with Gasteiger partial charge in [-0.25, -0.2) is 0 Å². The molecule has 0 bridgehead atoms. The van der Waals surface area contributed by atoms with E-state index < -0.39 is 44.7 Å². The average molecular weight is 840 g/mol. The van der Waals surface area contributed by atoms with Crippen LogP contribution in [0, 0.1) is 0 Å². The standard InChI is InChI=1S/C46H82NO10P/c1-6-8-10-12-14-15-16-17-18-19-20-21-22-23-24-28-33-37-46(51)57-42(41-56-58(52,53)55-39-38-47(3,4)5)40-54-45(50)36-32-29-25-27-31-35-44(49)43(48)34-30-26-13-11-9-7-2/h8,10,14-15,17-18,20-21,26,30,42-44,48-49H,6-7,9,11-13,16,19,22-25,27-29,31-41H2,1-5H3/b10-8-,15-14-,18-17-,21-20-,30-26-/t42-,43-,44-/m1/s1. The van der Waals surface area contributed by atoms with E-state index in [9.17, 15) is 29.3 Å². The van der Waals surface area contributed by atoms with Gasteiger partial charge in [0.25, 0.3) is 7.82 Å². The second kappa shape index (κ2) is 37.6. The van der Waals surface area contributed by atoms with Gasteiger partial charge in [-0.1, -0.05) is 126 Å². The Hall–Kier alpha value is -2.37. The Balaban J connectivity index is 4.53. The number of nitrogens with zero attached hydrogens (tertiary/aromatic N) is 1. The maximum atomic E-state index is 12.7. The fourth-order valence-electron chi connectivity index (χ4n) is 5.61. The summed E-state index contributed by atoms with van der Waals surface area (Å²) in [5.41, 5.74) is 0. The average Bonchev–Trinajstić information content (AvgIpc) is 3.17. The maximum absolute atomic E-state index is 12.7. The van der Waals surface area contributed by atoms with Gasteiger partial charge < -0.3 is 38.1 Å². The molecule has 0 rings (SSSR count). The lowest BCUT2D eigenvalue weighted by Gasteiger charge is -2.28. The molecule has 0 saturated carbocycles. The van der Waals surface area contributed by atoms with E-state index in [0.29, 0.717) is 36.7 Å². The number of phosphoric ester groups is 1. The van der Waals surface area contributed by atoms with E-state index in [2.05, 4.69) is 68.5 Å². The van der Waals surface area contributed by atoms with E-state index in [1.54, 1.807) is 0 Å². The molecule has 0 aromatic carbocycles. The number of quaternary nitrogens is 1. The van der Waals surface area contributed by atoms with Gasteiger partial charge in [-0.15, -0.1) is 0 Å². The van der Waals surface area contributed by atoms with Gasteiger partial charge in [0.1, 0.15) is 19.8 Å². The largest absolute Gasteiger partial charge is 0.756 e. The number of carbonyl (C=O) groups is 2. The van der Waals surface area contributed by atoms with Crippen LogP contribution in [0.25, 0.3) is 0 Å². The Labute approximate surface area is 352 Å². The predicted molar refractivity (Wildman–Crippen MR) is 234 cm³/mol. The van der Waals surface area contributed by atoms with Crippen LogP contribution in [0.3, 0.4) is 0 Å². The number of carbonyl (C=O) groups excluding carboxylic acids is 2. The minimum atomic E-state index is -4.67. The van der Waals surface area contributed by atoms with Gasteiger partial charge >= 0.3 is 11.9 Å². The van der Waals surface area contributed by atoms with Crippen molar-refractivity contribution >= 4 is 19.8 Å². The number of aliphatic hydroxyl groups excluding tert-OH is 2. The zero-order valence-electron chi connectivity index (χ0n) is 36.9. The molecule has 0 aliphatic rings. The third-order valence-electron chi connectivity index (χ3n) is 9.22. The van der Waals surface area contributed by atoms with Crippen LogP contribution in [0.4, 0.5) is 0 Å². The van der Waals surface area contributed by atoms with E-state index in [0.717, 1.165) is 89.9 Å². The molecule has 0 radical (unpaired) electrons. The van der Waals surface area contributed by atoms with Crippen LogP contribution in [-0.4, -0.2) is 92.5 Å². The zero-order valence-corrected chi connectivity index (χ0v) is 37.8. The Kier molecular flexibility index (Phi) is 36.1. The molecule has 0 aliphatic carbocycles. The van der Waals surface area contributed by atoms with Crippen LogP contribution < -0.4 is 4.89 Å². The quantitative estimate of drug-likeness (QED) is 0.0201. The Morgan fingerprint density at radius 1 is 0.638 bits per heavy atom. The lowest BCUT2D eigenvalue weighted by atomic mass is 10.0. The second-order valence-corrected chi connectivity index (χ2v) is 17.4. The molecular formula is C46H82NO10P. The van der Waals surface area contributed by atoms with Gasteiger partial charge in [0, 0.05) is 12.8 Å². The summed E-state index contributed by atoms with van der Waals surface area (Å²) in [6.07, 6.45) is 37.0. The van der Waals surface area contributed by atoms with Crippen LogP contribution >= 0.6 is 7.82 Å². The molecule has 11 nitrogen and oxygen atoms in total. The highest BCUT2D eigenvalue weighted by atomic mass is 31.2. The fraction of sp³-hybridized carbons (Fsp3) is 0.739. The molecule has 0 aliphatic heterocycles. The first kappa shape index (κ1) is 55.6. The summed E-state index contributed by atoms with van der Waals surface area (Å²) in [5.74, 6) is -0.980. The van der Waals surface area contributed by atoms with Crippen LogP contribution in [0.5, 0.6) is 0 Å². The van der Waals surface area contributed by atoms with Gasteiger partial charge in [-0.2, -0.15) is 0 Å². The van der Waals surface area contributed by atoms with Crippen molar-refractivity contribution in [1.82, 2.24) is 0 Å². The van der Waals surface area contributed by atoms with Crippen LogP contribution in [0.1, 0.15) is 155 Å². The molecule has 0 aromatic heterocycles. The lowest BCUT2D eigenvalue weighted by molar-refractivity contribution is -0.870. The number of hydrogen-bond donors (Lipinski definition) is 2. The van der Waals surface area contributed by atoms with Crippen molar-refractivity contribution in [1.29, 1.82) is 0 Å². The third-order valence-corrected chi connectivity index (χ3v) is 10.2. The minimum absolute atomic E-state index is 0.0641. The second-order valence-electron chi connectivity index (χ2n) is 16.0. The van der Waals surface area contributed by atoms with Crippen molar-refractivity contribution in [3.05, 3.63) is 60.8 Å². The first-order chi connectivity index (χ1) is 27.8. The van der Waals surface area contributed by atoms with E-state index in [-0.39, 0.29) is 26.1 Å². The normalized spacial score (nSPS) is 15.2. The number of allylic oxidation sites excluding steroid dienone is 9. The molecule has 0 aromatic rings. The first-order valence-electron chi connectivity index (χ1n) is 22.2. The Morgan fingerprint density at radius 2 is 1.17 bits per heavy atom. The van der Waals surface area contributed by atoms with E-state index in [1.165, 1.54) is 12.8 Å². The zero-order chi connectivity index (χ0) is 43.2. The highest BCUT2D eigenvalue weighted by molar-refractivity contribution is 7.45. The maximum Gasteiger partial charge on any atom is 0.306 e. The molecule has 4 atom stereocenters. The molecular weight excluding hydrogens is 757 g/mol. The van der Waals surface area contributed by atoms with Gasteiger partial charge in [-0.05, 0) is 77.0 Å². The van der Waals surface area contributed by atoms with Gasteiger partial charge in [0.05, 0.1) is 40.0 Å². The van der Waals surface area contributed by atoms with E-state index >= 15 is 0 Å². The number of hydrogen-bond acceptors (Lipinski definition) is 10. The third kappa shape index (κ3) is 39.1. The van der Waals surface area contributed by atoms with Crippen molar-refractivity contribution in [2.45, 2.75) is 173 Å². The monoisotopic (exact) mass is 840 g/mol. The number of phosphoric acid groups is 1. The molecule has 58 heavy (non-hydrogen) atoms. The smallest absolute Gasteiger partial charge is 0.306 e. The molecule has 336 valence electrons. The number of aliphatic hydroxyl groups is 2. The summed E-state index contributed by atoms with van der Waals surface area (Å²) >= 11 is 0. The number of rotatable bonds is 39. The predicted octanol–water partition coefficient (Wildman–Crippen LogP) is 9.77. The summed E-state index contributed by atoms with van der Waals surface area (Å²) in [4.78, 5) is 37.6. The summed E-state index contributed by atoms with van der Waals surface area (Å²) in [5, 5.41) is 20.5. The summed E-state index contributed by atoms with van der Waals surface area (Å²) in [7, 11) is 1.05. The van der Waals surface area contributed by atoms with Crippen molar-refractivity contribution in [2.24, 2.45) is 0 Å². The number of ether oxygens (including phenoxy) is 2. The topological polar surface area (TPSA) is 152 Å². The molecule has 0 amide bonds. The summed E-state index contributed by atoms with van der Waals surface area (Å²) < 4.78 is 33.8. The van der Waals surface area contributed by atoms with Gasteiger partial charge in [-0.3, -0.25) is 14.2 Å². The van der Waals surface area contributed by atoms with Crippen LogP contribution in [0.15, 0.2) is 60.8 Å². The fourth-order valence-corrected chi connectivity index (χ4v) is 6.34. The molecule has 1 unspecified atom stereocenters. The minimum Gasteiger partial charge on any atom is -0.756 e. The van der Waals surface area contributed by atoms with Gasteiger partial charge in [0.15, 0.2) is 6.10 Å². The van der Waals surface area contributed by atoms with E-state index in [4.69, 9.17) is 18.5 Å². The number of likely N-dealkylation sites (N-methyl/N-ethyl adjacent to an activating group) is 1. The molecule has 0 fully saturated rings. The number of esters is 2. The van der Waals surface area contributed by atoms with Gasteiger partial charge in [0.2, 0.25) is 0 Å². The van der Waals surface area contributed by atoms with E-state index in [1.807, 2.05) is 27.2 Å². The number of unbranched alkanes of at least 4 members (excludes halogenated alkanes) is 11. The summed E-state index contributed by atoms with van der Waals surface area (Å²) in [6.45, 7) is 3.83. The lowest BCUT2D eigenvalue weighted by Crippen LogP contribution is -2.37. The summed E-state index contributed by atoms with van der Waals surface area (Å²) in [6, 6.07) is 0. The highest BCUT2D eigenvalue weighted by Gasteiger charge is 2.22. The molecule has 12 heteroatoms. The molecule has 2 N–H and O–H groups in total. The highest BCUT2D eigenvalue weighted by Crippen LogP contribution is 2.38. The van der Waals surface area contributed by atoms with Crippen LogP contribution in [0.2, 0.25) is 0 Å².